The van der Waals surface area contributed by atoms with Crippen LogP contribution in [0.15, 0.2) is 71.8 Å². The quantitative estimate of drug-likeness (QED) is 0.488. The molecule has 0 N–H and O–H groups in total. The van der Waals surface area contributed by atoms with Crippen molar-refractivity contribution in [3.05, 3.63) is 82.9 Å². The molecule has 0 aromatic heterocycles. The molecule has 2 atom stereocenters. The fraction of sp³-hybridized carbons (Fsp3) is 0.310. The number of fused-ring (bicyclic) bond motifs is 4. The van der Waals surface area contributed by atoms with Crippen molar-refractivity contribution in [2.75, 3.05) is 41.6 Å². The molecule has 3 aliphatic rings. The lowest BCUT2D eigenvalue weighted by Gasteiger charge is -2.53. The SMILES string of the molecule is COc1ccc(N2CCN3c4cc(Cl)ccc4C[C@]4(C(=O)N(c5ccc(C)cc5)N=C4C)[C@@H]3C2)cc1. The Labute approximate surface area is 216 Å². The van der Waals surface area contributed by atoms with Gasteiger partial charge in [-0.2, -0.15) is 10.1 Å². The molecule has 36 heavy (non-hydrogen) atoms. The number of carbonyl (C=O) groups is 1. The van der Waals surface area contributed by atoms with E-state index in [1.165, 1.54) is 0 Å². The van der Waals surface area contributed by atoms with E-state index in [1.54, 1.807) is 12.1 Å². The van der Waals surface area contributed by atoms with Gasteiger partial charge in [-0.3, -0.25) is 4.79 Å². The summed E-state index contributed by atoms with van der Waals surface area (Å²) >= 11 is 6.44. The van der Waals surface area contributed by atoms with Gasteiger partial charge in [0.15, 0.2) is 0 Å². The van der Waals surface area contributed by atoms with E-state index in [9.17, 15) is 4.79 Å². The molecule has 184 valence electrons. The van der Waals surface area contributed by atoms with Gasteiger partial charge in [-0.15, -0.1) is 0 Å². The van der Waals surface area contributed by atoms with E-state index < -0.39 is 5.41 Å². The molecule has 6 rings (SSSR count). The Kier molecular flexibility index (Phi) is 5.45. The van der Waals surface area contributed by atoms with E-state index in [1.807, 2.05) is 62.4 Å². The Balaban J connectivity index is 1.43. The summed E-state index contributed by atoms with van der Waals surface area (Å²) < 4.78 is 5.35. The molecular formula is C29H29ClN4O2. The predicted octanol–water partition coefficient (Wildman–Crippen LogP) is 5.32. The highest BCUT2D eigenvalue weighted by molar-refractivity contribution is 6.31. The van der Waals surface area contributed by atoms with E-state index >= 15 is 0 Å². The van der Waals surface area contributed by atoms with Crippen LogP contribution in [0.5, 0.6) is 5.75 Å². The summed E-state index contributed by atoms with van der Waals surface area (Å²) in [4.78, 5) is 19.1. The summed E-state index contributed by atoms with van der Waals surface area (Å²) in [7, 11) is 1.68. The van der Waals surface area contributed by atoms with Crippen LogP contribution in [0.4, 0.5) is 17.1 Å². The van der Waals surface area contributed by atoms with Crippen molar-refractivity contribution in [3.8, 4) is 5.75 Å². The molecule has 0 bridgehead atoms. The number of rotatable bonds is 3. The number of nitrogens with zero attached hydrogens (tertiary/aromatic N) is 4. The van der Waals surface area contributed by atoms with Crippen LogP contribution in [0.25, 0.3) is 0 Å². The van der Waals surface area contributed by atoms with Crippen LogP contribution in [0.3, 0.4) is 0 Å². The molecule has 3 aromatic carbocycles. The average Bonchev–Trinajstić information content (AvgIpc) is 3.15. The minimum absolute atomic E-state index is 0.0380. The molecular weight excluding hydrogens is 472 g/mol. The predicted molar refractivity (Wildman–Crippen MR) is 146 cm³/mol. The zero-order valence-corrected chi connectivity index (χ0v) is 21.5. The lowest BCUT2D eigenvalue weighted by atomic mass is 9.67. The van der Waals surface area contributed by atoms with Gasteiger partial charge in [0, 0.05) is 36.0 Å². The molecule has 3 aliphatic heterocycles. The number of aryl methyl sites for hydroxylation is 1. The van der Waals surface area contributed by atoms with Gasteiger partial charge in [-0.1, -0.05) is 35.4 Å². The Bertz CT molecular complexity index is 1350. The van der Waals surface area contributed by atoms with Crippen molar-refractivity contribution in [1.29, 1.82) is 0 Å². The van der Waals surface area contributed by atoms with Crippen LogP contribution in [0.1, 0.15) is 18.1 Å². The van der Waals surface area contributed by atoms with Crippen LogP contribution >= 0.6 is 11.6 Å². The van der Waals surface area contributed by atoms with Crippen LogP contribution in [0.2, 0.25) is 5.02 Å². The number of hydrogen-bond donors (Lipinski definition) is 0. The lowest BCUT2D eigenvalue weighted by Crippen LogP contribution is -2.67. The van der Waals surface area contributed by atoms with Gasteiger partial charge in [0.25, 0.3) is 5.91 Å². The summed E-state index contributed by atoms with van der Waals surface area (Å²) in [6.07, 6.45) is 0.605. The topological polar surface area (TPSA) is 48.4 Å². The number of anilines is 3. The third kappa shape index (κ3) is 3.46. The minimum atomic E-state index is -0.753. The number of hydrazone groups is 1. The fourth-order valence-corrected chi connectivity index (χ4v) is 6.14. The molecule has 0 aliphatic carbocycles. The maximum absolute atomic E-state index is 14.4. The second-order valence-corrected chi connectivity index (χ2v) is 10.3. The lowest BCUT2D eigenvalue weighted by molar-refractivity contribution is -0.125. The standard InChI is InChI=1S/C29H29ClN4O2/c1-19-4-8-24(9-5-19)34-28(35)29(20(2)31-34)17-21-6-7-22(30)16-26(21)33-15-14-32(18-27(29)33)23-10-12-25(36-3)13-11-23/h4-13,16,27H,14-15,17-18H2,1-3H3/t27-,29+/m0/s1. The zero-order valence-electron chi connectivity index (χ0n) is 20.7. The highest BCUT2D eigenvalue weighted by Gasteiger charge is 2.60. The van der Waals surface area contributed by atoms with Crippen molar-refractivity contribution in [2.45, 2.75) is 26.3 Å². The first-order valence-corrected chi connectivity index (χ1v) is 12.7. The normalized spacial score (nSPS) is 23.0. The van der Waals surface area contributed by atoms with Crippen LogP contribution < -0.4 is 19.5 Å². The number of amides is 1. The van der Waals surface area contributed by atoms with E-state index in [4.69, 9.17) is 21.4 Å². The average molecular weight is 501 g/mol. The van der Waals surface area contributed by atoms with Crippen LogP contribution in [-0.4, -0.2) is 44.4 Å². The highest BCUT2D eigenvalue weighted by Crippen LogP contribution is 2.49. The molecule has 0 radical (unpaired) electrons. The Hall–Kier alpha value is -3.51. The monoisotopic (exact) mass is 500 g/mol. The van der Waals surface area contributed by atoms with Gasteiger partial charge in [0.1, 0.15) is 11.2 Å². The van der Waals surface area contributed by atoms with Gasteiger partial charge in [0.2, 0.25) is 0 Å². The molecule has 3 heterocycles. The maximum atomic E-state index is 14.4. The number of piperazine rings is 1. The number of halogens is 1. The Morgan fingerprint density at radius 1 is 0.972 bits per heavy atom. The van der Waals surface area contributed by atoms with Gasteiger partial charge in [0.05, 0.1) is 24.6 Å². The van der Waals surface area contributed by atoms with Crippen molar-refractivity contribution in [3.63, 3.8) is 0 Å². The van der Waals surface area contributed by atoms with Gasteiger partial charge in [-0.25, -0.2) is 0 Å². The first kappa shape index (κ1) is 22.9. The molecule has 0 unspecified atom stereocenters. The van der Waals surface area contributed by atoms with Gasteiger partial charge >= 0.3 is 0 Å². The van der Waals surface area contributed by atoms with E-state index in [0.29, 0.717) is 18.0 Å². The van der Waals surface area contributed by atoms with E-state index in [0.717, 1.165) is 52.7 Å². The molecule has 7 heteroatoms. The summed E-state index contributed by atoms with van der Waals surface area (Å²) in [5, 5.41) is 7.19. The molecule has 1 fully saturated rings. The Morgan fingerprint density at radius 3 is 2.42 bits per heavy atom. The minimum Gasteiger partial charge on any atom is -0.497 e. The largest absolute Gasteiger partial charge is 0.497 e. The summed E-state index contributed by atoms with van der Waals surface area (Å²) in [5.41, 5.74) is 5.45. The third-order valence-electron chi connectivity index (χ3n) is 7.96. The molecule has 3 aromatic rings. The fourth-order valence-electron chi connectivity index (χ4n) is 5.97. The van der Waals surface area contributed by atoms with Crippen molar-refractivity contribution in [2.24, 2.45) is 10.5 Å². The molecule has 1 amide bonds. The highest BCUT2D eigenvalue weighted by atomic mass is 35.5. The second-order valence-electron chi connectivity index (χ2n) is 9.91. The van der Waals surface area contributed by atoms with E-state index in [2.05, 4.69) is 28.0 Å². The maximum Gasteiger partial charge on any atom is 0.261 e. The molecule has 1 spiro atoms. The summed E-state index contributed by atoms with van der Waals surface area (Å²) in [6.45, 7) is 6.40. The first-order chi connectivity index (χ1) is 17.4. The summed E-state index contributed by atoms with van der Waals surface area (Å²) in [5.74, 6) is 0.869. The van der Waals surface area contributed by atoms with Gasteiger partial charge in [-0.05, 0) is 74.4 Å². The van der Waals surface area contributed by atoms with Crippen LogP contribution in [0, 0.1) is 12.3 Å². The smallest absolute Gasteiger partial charge is 0.261 e. The van der Waals surface area contributed by atoms with Crippen molar-refractivity contribution >= 4 is 40.3 Å². The number of ether oxygens (including phenoxy) is 1. The number of hydrogen-bond acceptors (Lipinski definition) is 5. The number of methoxy groups -OCH3 is 1. The third-order valence-corrected chi connectivity index (χ3v) is 8.20. The Morgan fingerprint density at radius 2 is 1.69 bits per heavy atom. The van der Waals surface area contributed by atoms with E-state index in [-0.39, 0.29) is 11.9 Å². The second kappa shape index (κ2) is 8.56. The summed E-state index contributed by atoms with van der Waals surface area (Å²) in [6, 6.07) is 22.1. The molecule has 6 nitrogen and oxygen atoms in total. The van der Waals surface area contributed by atoms with Crippen molar-refractivity contribution in [1.82, 2.24) is 0 Å². The molecule has 0 saturated carbocycles. The van der Waals surface area contributed by atoms with Crippen molar-refractivity contribution < 1.29 is 9.53 Å². The first-order valence-electron chi connectivity index (χ1n) is 12.3. The van der Waals surface area contributed by atoms with Gasteiger partial charge < -0.3 is 14.5 Å². The molecule has 1 saturated heterocycles. The van der Waals surface area contributed by atoms with Crippen LogP contribution in [-0.2, 0) is 11.2 Å². The number of benzene rings is 3. The number of carbonyl (C=O) groups excluding carboxylic acids is 1. The zero-order chi connectivity index (χ0) is 25.0.